The van der Waals surface area contributed by atoms with Crippen molar-refractivity contribution < 1.29 is 18.4 Å². The van der Waals surface area contributed by atoms with E-state index in [1.807, 2.05) is 0 Å². The van der Waals surface area contributed by atoms with Gasteiger partial charge in [0.25, 0.3) is 5.92 Å². The lowest BCUT2D eigenvalue weighted by atomic mass is 9.86. The second-order valence-corrected chi connectivity index (χ2v) is 6.23. The van der Waals surface area contributed by atoms with Crippen LogP contribution in [0.25, 0.3) is 0 Å². The van der Waals surface area contributed by atoms with Gasteiger partial charge in [-0.15, -0.1) is 0 Å². The van der Waals surface area contributed by atoms with Gasteiger partial charge in [0, 0.05) is 25.6 Å². The Hall–Kier alpha value is -1.32. The molecule has 1 aliphatic heterocycles. The number of rotatable bonds is 3. The van der Waals surface area contributed by atoms with Crippen LogP contribution < -0.4 is 0 Å². The van der Waals surface area contributed by atoms with Crippen LogP contribution in [0, 0.1) is 10.1 Å². The third kappa shape index (κ3) is 3.17. The Balaban J connectivity index is 1.84. The SMILES string of the molecule is O=[N+]([O-])c1cnn(C2CC(N3CCOCC3)CCC2(F)F)c1Cl. The largest absolute Gasteiger partial charge is 0.379 e. The summed E-state index contributed by atoms with van der Waals surface area (Å²) in [5.41, 5.74) is -0.448. The van der Waals surface area contributed by atoms with Crippen LogP contribution in [-0.4, -0.2) is 57.9 Å². The fourth-order valence-corrected chi connectivity index (χ4v) is 3.58. The summed E-state index contributed by atoms with van der Waals surface area (Å²) < 4.78 is 34.9. The molecule has 3 rings (SSSR count). The van der Waals surface area contributed by atoms with Crippen LogP contribution in [0.5, 0.6) is 0 Å². The van der Waals surface area contributed by atoms with Crippen LogP contribution in [0.3, 0.4) is 0 Å². The van der Waals surface area contributed by atoms with Crippen molar-refractivity contribution >= 4 is 17.3 Å². The molecule has 2 atom stereocenters. The van der Waals surface area contributed by atoms with E-state index in [4.69, 9.17) is 16.3 Å². The van der Waals surface area contributed by atoms with Crippen molar-refractivity contribution in [2.75, 3.05) is 26.3 Å². The van der Waals surface area contributed by atoms with Crippen molar-refractivity contribution in [2.24, 2.45) is 0 Å². The predicted molar refractivity (Wildman–Crippen MR) is 77.9 cm³/mol. The molecule has 1 saturated heterocycles. The zero-order valence-electron chi connectivity index (χ0n) is 12.3. The molecular formula is C13H17ClF2N4O3. The maximum Gasteiger partial charge on any atom is 0.325 e. The molecule has 2 heterocycles. The monoisotopic (exact) mass is 350 g/mol. The van der Waals surface area contributed by atoms with Gasteiger partial charge in [-0.2, -0.15) is 5.10 Å². The summed E-state index contributed by atoms with van der Waals surface area (Å²) in [7, 11) is 0. The van der Waals surface area contributed by atoms with E-state index >= 15 is 0 Å². The van der Waals surface area contributed by atoms with Crippen LogP contribution in [0.4, 0.5) is 14.5 Å². The molecule has 10 heteroatoms. The molecule has 2 unspecified atom stereocenters. The Kier molecular flexibility index (Phi) is 4.52. The number of halogens is 3. The van der Waals surface area contributed by atoms with E-state index in [1.54, 1.807) is 0 Å². The number of ether oxygens (including phenoxy) is 1. The third-order valence-corrected chi connectivity index (χ3v) is 4.93. The van der Waals surface area contributed by atoms with Gasteiger partial charge in [0.2, 0.25) is 5.15 Å². The van der Waals surface area contributed by atoms with E-state index in [-0.39, 0.29) is 24.0 Å². The first-order chi connectivity index (χ1) is 10.9. The lowest BCUT2D eigenvalue weighted by molar-refractivity contribution is -0.384. The van der Waals surface area contributed by atoms with Crippen molar-refractivity contribution in [3.63, 3.8) is 0 Å². The second-order valence-electron chi connectivity index (χ2n) is 5.88. The van der Waals surface area contributed by atoms with Crippen molar-refractivity contribution in [1.82, 2.24) is 14.7 Å². The second kappa shape index (κ2) is 6.29. The molecule has 1 aromatic rings. The number of hydrogen-bond donors (Lipinski definition) is 0. The topological polar surface area (TPSA) is 73.4 Å². The van der Waals surface area contributed by atoms with E-state index in [0.29, 0.717) is 32.7 Å². The number of morpholine rings is 1. The molecule has 23 heavy (non-hydrogen) atoms. The maximum absolute atomic E-state index is 14.4. The van der Waals surface area contributed by atoms with Crippen molar-refractivity contribution in [2.45, 2.75) is 37.3 Å². The van der Waals surface area contributed by atoms with E-state index < -0.39 is 22.6 Å². The van der Waals surface area contributed by atoms with Gasteiger partial charge < -0.3 is 4.74 Å². The molecule has 0 amide bonds. The summed E-state index contributed by atoms with van der Waals surface area (Å²) in [6, 6.07) is -1.30. The van der Waals surface area contributed by atoms with Crippen LogP contribution in [0.2, 0.25) is 5.15 Å². The number of nitrogens with zero attached hydrogens (tertiary/aromatic N) is 4. The summed E-state index contributed by atoms with van der Waals surface area (Å²) in [4.78, 5) is 12.3. The lowest BCUT2D eigenvalue weighted by Crippen LogP contribution is -2.49. The fraction of sp³-hybridized carbons (Fsp3) is 0.769. The zero-order chi connectivity index (χ0) is 16.6. The van der Waals surface area contributed by atoms with Crippen molar-refractivity contribution in [1.29, 1.82) is 0 Å². The Bertz CT molecular complexity index is 592. The van der Waals surface area contributed by atoms with Gasteiger partial charge in [0.1, 0.15) is 12.2 Å². The van der Waals surface area contributed by atoms with E-state index in [2.05, 4.69) is 10.00 Å². The van der Waals surface area contributed by atoms with Gasteiger partial charge in [-0.05, 0) is 12.8 Å². The van der Waals surface area contributed by atoms with E-state index in [1.165, 1.54) is 0 Å². The lowest BCUT2D eigenvalue weighted by Gasteiger charge is -2.42. The highest BCUT2D eigenvalue weighted by Gasteiger charge is 2.48. The molecule has 0 aromatic carbocycles. The number of nitro groups is 1. The minimum absolute atomic E-state index is 0.0251. The minimum atomic E-state index is -2.99. The summed E-state index contributed by atoms with van der Waals surface area (Å²) in [6.45, 7) is 2.59. The molecule has 2 fully saturated rings. The highest BCUT2D eigenvalue weighted by Crippen LogP contribution is 2.45. The molecule has 1 aromatic heterocycles. The van der Waals surface area contributed by atoms with Crippen LogP contribution in [-0.2, 0) is 4.74 Å². The minimum Gasteiger partial charge on any atom is -0.379 e. The Morgan fingerprint density at radius 2 is 2.13 bits per heavy atom. The summed E-state index contributed by atoms with van der Waals surface area (Å²) in [6.07, 6.45) is 1.18. The van der Waals surface area contributed by atoms with E-state index in [9.17, 15) is 18.9 Å². The first kappa shape index (κ1) is 16.5. The van der Waals surface area contributed by atoms with Crippen molar-refractivity contribution in [3.05, 3.63) is 21.5 Å². The van der Waals surface area contributed by atoms with Crippen LogP contribution in [0.15, 0.2) is 6.20 Å². The highest BCUT2D eigenvalue weighted by molar-refractivity contribution is 6.31. The number of hydrogen-bond acceptors (Lipinski definition) is 5. The molecule has 0 N–H and O–H groups in total. The molecule has 0 radical (unpaired) electrons. The fourth-order valence-electron chi connectivity index (χ4n) is 3.30. The van der Waals surface area contributed by atoms with Crippen LogP contribution in [0.1, 0.15) is 25.3 Å². The predicted octanol–water partition coefficient (Wildman–Crippen LogP) is 2.51. The zero-order valence-corrected chi connectivity index (χ0v) is 13.1. The molecule has 7 nitrogen and oxygen atoms in total. The molecular weight excluding hydrogens is 334 g/mol. The quantitative estimate of drug-likeness (QED) is 0.618. The van der Waals surface area contributed by atoms with Gasteiger partial charge in [-0.25, -0.2) is 13.5 Å². The standard InChI is InChI=1S/C13H17ClF2N4O3/c14-12-10(20(21)22)8-17-19(12)11-7-9(1-2-13(11,15)16)18-3-5-23-6-4-18/h8-9,11H,1-7H2. The number of alkyl halides is 2. The van der Waals surface area contributed by atoms with Gasteiger partial charge in [-0.3, -0.25) is 15.0 Å². The number of aromatic nitrogens is 2. The summed E-state index contributed by atoms with van der Waals surface area (Å²) in [5.74, 6) is -2.99. The van der Waals surface area contributed by atoms with E-state index in [0.717, 1.165) is 10.9 Å². The summed E-state index contributed by atoms with van der Waals surface area (Å²) in [5, 5.41) is 14.3. The smallest absolute Gasteiger partial charge is 0.325 e. The Labute approximate surface area is 136 Å². The molecule has 128 valence electrons. The normalized spacial score (nSPS) is 28.7. The average molecular weight is 351 g/mol. The maximum atomic E-state index is 14.4. The molecule has 1 saturated carbocycles. The highest BCUT2D eigenvalue weighted by atomic mass is 35.5. The first-order valence-corrected chi connectivity index (χ1v) is 7.85. The Morgan fingerprint density at radius 3 is 2.74 bits per heavy atom. The average Bonchev–Trinajstić information content (AvgIpc) is 2.89. The first-order valence-electron chi connectivity index (χ1n) is 7.47. The third-order valence-electron chi connectivity index (χ3n) is 4.56. The van der Waals surface area contributed by atoms with Gasteiger partial charge in [-0.1, -0.05) is 11.6 Å². The van der Waals surface area contributed by atoms with Crippen molar-refractivity contribution in [3.8, 4) is 0 Å². The molecule has 0 bridgehead atoms. The molecule has 2 aliphatic rings. The van der Waals surface area contributed by atoms with Gasteiger partial charge in [0.05, 0.1) is 18.1 Å². The van der Waals surface area contributed by atoms with Gasteiger partial charge >= 0.3 is 5.69 Å². The summed E-state index contributed by atoms with van der Waals surface area (Å²) >= 11 is 5.91. The van der Waals surface area contributed by atoms with Crippen LogP contribution >= 0.6 is 11.6 Å². The Morgan fingerprint density at radius 1 is 1.43 bits per heavy atom. The molecule has 1 aliphatic carbocycles. The van der Waals surface area contributed by atoms with Gasteiger partial charge in [0.15, 0.2) is 0 Å². The molecule has 0 spiro atoms.